The zero-order valence-electron chi connectivity index (χ0n) is 14.6. The van der Waals surface area contributed by atoms with Gasteiger partial charge in [0.1, 0.15) is 23.2 Å². The zero-order chi connectivity index (χ0) is 21.0. The van der Waals surface area contributed by atoms with E-state index in [-0.39, 0.29) is 16.9 Å². The number of halogens is 2. The number of furan rings is 1. The number of amides is 1. The number of carbonyl (C=O) groups excluding carboxylic acids is 1. The maximum atomic E-state index is 12.3. The molecule has 8 heteroatoms. The Bertz CT molecular complexity index is 1160. The lowest BCUT2D eigenvalue weighted by molar-refractivity contribution is -0.112. The summed E-state index contributed by atoms with van der Waals surface area (Å²) in [5, 5.41) is 21.7. The summed E-state index contributed by atoms with van der Waals surface area (Å²) in [4.78, 5) is 23.2. The first-order valence-electron chi connectivity index (χ1n) is 8.19. The molecule has 0 spiro atoms. The molecule has 1 aromatic heterocycles. The monoisotopic (exact) mass is 426 g/mol. The van der Waals surface area contributed by atoms with Gasteiger partial charge in [-0.2, -0.15) is 5.26 Å². The van der Waals surface area contributed by atoms with Crippen LogP contribution in [-0.4, -0.2) is 17.0 Å². The first-order chi connectivity index (χ1) is 13.9. The second kappa shape index (κ2) is 8.65. The largest absolute Gasteiger partial charge is 0.478 e. The van der Waals surface area contributed by atoms with Crippen molar-refractivity contribution in [3.8, 4) is 17.4 Å². The van der Waals surface area contributed by atoms with Gasteiger partial charge in [-0.1, -0.05) is 23.2 Å². The van der Waals surface area contributed by atoms with Crippen molar-refractivity contribution in [3.05, 3.63) is 81.5 Å². The molecule has 0 saturated carbocycles. The van der Waals surface area contributed by atoms with Crippen LogP contribution >= 0.6 is 23.2 Å². The van der Waals surface area contributed by atoms with Gasteiger partial charge in [0, 0.05) is 22.3 Å². The van der Waals surface area contributed by atoms with Gasteiger partial charge in [0.05, 0.1) is 10.6 Å². The van der Waals surface area contributed by atoms with Crippen molar-refractivity contribution in [2.75, 3.05) is 5.32 Å². The molecule has 1 amide bonds. The van der Waals surface area contributed by atoms with Crippen molar-refractivity contribution in [2.45, 2.75) is 0 Å². The maximum Gasteiger partial charge on any atom is 0.335 e. The van der Waals surface area contributed by atoms with Crippen molar-refractivity contribution < 1.29 is 19.1 Å². The van der Waals surface area contributed by atoms with E-state index >= 15 is 0 Å². The number of aromatic carboxylic acids is 1. The third-order valence-electron chi connectivity index (χ3n) is 3.86. The number of carboxylic acids is 1. The van der Waals surface area contributed by atoms with Crippen LogP contribution in [0.5, 0.6) is 0 Å². The summed E-state index contributed by atoms with van der Waals surface area (Å²) >= 11 is 12.1. The lowest BCUT2D eigenvalue weighted by atomic mass is 10.2. The molecule has 0 unspecified atom stereocenters. The van der Waals surface area contributed by atoms with Gasteiger partial charge in [-0.3, -0.25) is 4.79 Å². The van der Waals surface area contributed by atoms with E-state index in [4.69, 9.17) is 32.7 Å². The van der Waals surface area contributed by atoms with Crippen LogP contribution < -0.4 is 5.32 Å². The summed E-state index contributed by atoms with van der Waals surface area (Å²) in [6, 6.07) is 15.6. The Kier molecular flexibility index (Phi) is 6.03. The lowest BCUT2D eigenvalue weighted by Gasteiger charge is -2.04. The number of hydrogen-bond acceptors (Lipinski definition) is 4. The number of carbonyl (C=O) groups is 2. The minimum Gasteiger partial charge on any atom is -0.478 e. The molecule has 0 aliphatic heterocycles. The summed E-state index contributed by atoms with van der Waals surface area (Å²) < 4.78 is 5.66. The first-order valence-corrected chi connectivity index (χ1v) is 8.95. The second-order valence-corrected chi connectivity index (χ2v) is 6.68. The average molecular weight is 427 g/mol. The Morgan fingerprint density at radius 2 is 1.79 bits per heavy atom. The summed E-state index contributed by atoms with van der Waals surface area (Å²) in [5.74, 6) is -1.02. The van der Waals surface area contributed by atoms with Crippen LogP contribution in [0.15, 0.2) is 64.6 Å². The zero-order valence-corrected chi connectivity index (χ0v) is 16.2. The number of nitrogens with one attached hydrogen (secondary N) is 1. The topological polar surface area (TPSA) is 103 Å². The summed E-state index contributed by atoms with van der Waals surface area (Å²) in [6.07, 6.45) is 1.29. The van der Waals surface area contributed by atoms with Crippen LogP contribution in [0.4, 0.5) is 5.69 Å². The number of carboxylic acid groups (broad SMARTS) is 1. The van der Waals surface area contributed by atoms with Gasteiger partial charge in [0.25, 0.3) is 5.91 Å². The Morgan fingerprint density at radius 1 is 1.07 bits per heavy atom. The Balaban J connectivity index is 1.80. The Morgan fingerprint density at radius 3 is 2.45 bits per heavy atom. The fourth-order valence-corrected chi connectivity index (χ4v) is 2.83. The maximum absolute atomic E-state index is 12.3. The van der Waals surface area contributed by atoms with E-state index in [2.05, 4.69) is 5.32 Å². The quantitative estimate of drug-likeness (QED) is 0.414. The van der Waals surface area contributed by atoms with Crippen molar-refractivity contribution in [3.63, 3.8) is 0 Å². The molecule has 2 aromatic carbocycles. The number of nitrogens with zero attached hydrogens (tertiary/aromatic N) is 1. The molecule has 0 aliphatic carbocycles. The summed E-state index contributed by atoms with van der Waals surface area (Å²) in [6.45, 7) is 0. The van der Waals surface area contributed by atoms with Crippen LogP contribution in [0.3, 0.4) is 0 Å². The van der Waals surface area contributed by atoms with Crippen molar-refractivity contribution in [2.24, 2.45) is 0 Å². The van der Waals surface area contributed by atoms with E-state index in [0.29, 0.717) is 27.1 Å². The van der Waals surface area contributed by atoms with E-state index in [1.165, 1.54) is 30.3 Å². The van der Waals surface area contributed by atoms with Gasteiger partial charge in [-0.15, -0.1) is 0 Å². The molecule has 6 nitrogen and oxygen atoms in total. The predicted molar refractivity (Wildman–Crippen MR) is 110 cm³/mol. The van der Waals surface area contributed by atoms with Crippen molar-refractivity contribution >= 4 is 46.8 Å². The molecule has 0 aliphatic rings. The lowest BCUT2D eigenvalue weighted by Crippen LogP contribution is -2.13. The normalized spacial score (nSPS) is 11.0. The molecule has 0 saturated heterocycles. The highest BCUT2D eigenvalue weighted by molar-refractivity contribution is 6.35. The van der Waals surface area contributed by atoms with Crippen LogP contribution in [0, 0.1) is 11.3 Å². The molecule has 144 valence electrons. The smallest absolute Gasteiger partial charge is 0.335 e. The van der Waals surface area contributed by atoms with Gasteiger partial charge >= 0.3 is 5.97 Å². The number of rotatable bonds is 5. The molecule has 0 atom stereocenters. The van der Waals surface area contributed by atoms with E-state index in [1.54, 1.807) is 30.3 Å². The second-order valence-electron chi connectivity index (χ2n) is 5.83. The van der Waals surface area contributed by atoms with Crippen LogP contribution in [-0.2, 0) is 4.79 Å². The third-order valence-corrected chi connectivity index (χ3v) is 4.43. The van der Waals surface area contributed by atoms with Crippen LogP contribution in [0.2, 0.25) is 10.0 Å². The van der Waals surface area contributed by atoms with E-state index in [1.807, 2.05) is 6.07 Å². The first kappa shape index (κ1) is 20.2. The standard InChI is InChI=1S/C21H12Cl2N2O4/c22-14-3-7-18(23)17(10-14)19-8-6-16(29-19)9-13(11-24)20(26)25-15-4-1-12(2-5-15)21(27)28/h1-10H,(H,25,26)(H,27,28). The molecule has 3 aromatic rings. The number of nitriles is 1. The highest BCUT2D eigenvalue weighted by Crippen LogP contribution is 2.32. The fraction of sp³-hybridized carbons (Fsp3) is 0. The molecule has 3 rings (SSSR count). The molecule has 2 N–H and O–H groups in total. The van der Waals surface area contributed by atoms with Crippen LogP contribution in [0.1, 0.15) is 16.1 Å². The SMILES string of the molecule is N#CC(=Cc1ccc(-c2cc(Cl)ccc2Cl)o1)C(=O)Nc1ccc(C(=O)O)cc1. The Hall–Kier alpha value is -3.53. The van der Waals surface area contributed by atoms with Crippen molar-refractivity contribution in [1.82, 2.24) is 0 Å². The minimum absolute atomic E-state index is 0.0850. The molecule has 1 heterocycles. The van der Waals surface area contributed by atoms with Gasteiger partial charge in [-0.05, 0) is 54.6 Å². The van der Waals surface area contributed by atoms with Gasteiger partial charge < -0.3 is 14.8 Å². The third kappa shape index (κ3) is 4.85. The molecule has 0 radical (unpaired) electrons. The summed E-state index contributed by atoms with van der Waals surface area (Å²) in [7, 11) is 0. The minimum atomic E-state index is -1.08. The van der Waals surface area contributed by atoms with E-state index in [0.717, 1.165) is 0 Å². The molecule has 0 bridgehead atoms. The highest BCUT2D eigenvalue weighted by Gasteiger charge is 2.13. The molecular formula is C21H12Cl2N2O4. The van der Waals surface area contributed by atoms with E-state index < -0.39 is 11.9 Å². The van der Waals surface area contributed by atoms with Gasteiger partial charge in [0.2, 0.25) is 0 Å². The van der Waals surface area contributed by atoms with Gasteiger partial charge in [-0.25, -0.2) is 4.79 Å². The molecule has 29 heavy (non-hydrogen) atoms. The number of benzene rings is 2. The highest BCUT2D eigenvalue weighted by atomic mass is 35.5. The average Bonchev–Trinajstić information content (AvgIpc) is 3.16. The predicted octanol–water partition coefficient (Wildman–Crippen LogP) is 5.50. The van der Waals surface area contributed by atoms with E-state index in [9.17, 15) is 14.9 Å². The fourth-order valence-electron chi connectivity index (χ4n) is 2.45. The number of anilines is 1. The van der Waals surface area contributed by atoms with Crippen molar-refractivity contribution in [1.29, 1.82) is 5.26 Å². The van der Waals surface area contributed by atoms with Gasteiger partial charge in [0.15, 0.2) is 0 Å². The van der Waals surface area contributed by atoms with Crippen LogP contribution in [0.25, 0.3) is 17.4 Å². The Labute approximate surface area is 175 Å². The summed E-state index contributed by atoms with van der Waals surface area (Å²) in [5.41, 5.74) is 0.833. The molecular weight excluding hydrogens is 415 g/mol. The molecule has 0 fully saturated rings. The number of hydrogen-bond donors (Lipinski definition) is 2.